The molecule has 3 rings (SSSR count). The Kier molecular flexibility index (Phi) is 5.69. The molecule has 0 saturated carbocycles. The molecule has 2 heterocycles. The van der Waals surface area contributed by atoms with Crippen molar-refractivity contribution in [1.29, 1.82) is 0 Å². The average Bonchev–Trinajstić information content (AvgIpc) is 3.31. The number of carbonyl (C=O) groups is 2. The van der Waals surface area contributed by atoms with Crippen molar-refractivity contribution < 1.29 is 9.59 Å². The first-order valence-corrected chi connectivity index (χ1v) is 8.92. The van der Waals surface area contributed by atoms with E-state index in [-0.39, 0.29) is 5.82 Å². The molecule has 3 aromatic rings. The topological polar surface area (TPSA) is 130 Å². The predicted octanol–water partition coefficient (Wildman–Crippen LogP) is 1.10. The van der Waals surface area contributed by atoms with Gasteiger partial charge in [-0.3, -0.25) is 14.7 Å². The van der Waals surface area contributed by atoms with E-state index in [1.165, 1.54) is 11.8 Å². The summed E-state index contributed by atoms with van der Waals surface area (Å²) in [6.45, 7) is 0. The van der Waals surface area contributed by atoms with Gasteiger partial charge < -0.3 is 16.0 Å². The third-order valence-corrected chi connectivity index (χ3v) is 4.64. The van der Waals surface area contributed by atoms with E-state index in [0.717, 1.165) is 10.6 Å². The molecule has 2 aromatic heterocycles. The lowest BCUT2D eigenvalue weighted by atomic mass is 10.1. The molecule has 9 heteroatoms. The van der Waals surface area contributed by atoms with Crippen molar-refractivity contribution >= 4 is 23.6 Å². The van der Waals surface area contributed by atoms with Crippen molar-refractivity contribution in [2.24, 2.45) is 5.73 Å². The molecule has 1 aromatic carbocycles. The van der Waals surface area contributed by atoms with Crippen LogP contribution in [0.3, 0.4) is 0 Å². The highest BCUT2D eigenvalue weighted by Gasteiger charge is 2.22. The molecular weight excluding hydrogens is 352 g/mol. The number of primary amides is 1. The summed E-state index contributed by atoms with van der Waals surface area (Å²) in [5.41, 5.74) is 6.43. The van der Waals surface area contributed by atoms with Crippen LogP contribution in [-0.4, -0.2) is 43.8 Å². The first-order chi connectivity index (χ1) is 12.6. The van der Waals surface area contributed by atoms with E-state index in [1.54, 1.807) is 6.20 Å². The Morgan fingerprint density at radius 3 is 2.69 bits per heavy atom. The summed E-state index contributed by atoms with van der Waals surface area (Å²) < 4.78 is 0. The number of H-pyrrole nitrogens is 2. The highest BCUT2D eigenvalue weighted by atomic mass is 32.2. The number of nitrogens with two attached hydrogens (primary N) is 1. The molecule has 0 aliphatic heterocycles. The normalized spacial score (nSPS) is 11.8. The Bertz CT molecular complexity index is 863. The largest absolute Gasteiger partial charge is 0.368 e. The molecule has 26 heavy (non-hydrogen) atoms. The number of nitrogens with one attached hydrogen (secondary N) is 3. The summed E-state index contributed by atoms with van der Waals surface area (Å²) in [6, 6.07) is 12.6. The van der Waals surface area contributed by atoms with Gasteiger partial charge in [-0.05, 0) is 17.7 Å². The number of aromatic nitrogens is 4. The van der Waals surface area contributed by atoms with Gasteiger partial charge in [0.1, 0.15) is 11.9 Å². The molecule has 8 nitrogen and oxygen atoms in total. The van der Waals surface area contributed by atoms with Crippen LogP contribution in [0.25, 0.3) is 0 Å². The summed E-state index contributed by atoms with van der Waals surface area (Å²) in [5.74, 6) is -0.304. The molecule has 0 saturated heterocycles. The van der Waals surface area contributed by atoms with E-state index >= 15 is 0 Å². The van der Waals surface area contributed by atoms with Crippen LogP contribution in [0.1, 0.15) is 22.0 Å². The van der Waals surface area contributed by atoms with Crippen LogP contribution in [0.4, 0.5) is 0 Å². The maximum atomic E-state index is 12.3. The molecule has 0 aliphatic rings. The highest BCUT2D eigenvalue weighted by Crippen LogP contribution is 2.16. The number of amides is 2. The minimum Gasteiger partial charge on any atom is -0.368 e. The fourth-order valence-electron chi connectivity index (χ4n) is 2.26. The number of carbonyl (C=O) groups excluding carboxylic acids is 2. The number of thioether (sulfide) groups is 1. The minimum atomic E-state index is -0.827. The Hall–Kier alpha value is -3.07. The smallest absolute Gasteiger partial charge is 0.291 e. The van der Waals surface area contributed by atoms with Crippen molar-refractivity contribution in [2.75, 3.05) is 5.75 Å². The number of nitrogens with zero attached hydrogens (tertiary/aromatic N) is 2. The first-order valence-electron chi connectivity index (χ1n) is 7.93. The van der Waals surface area contributed by atoms with Gasteiger partial charge in [-0.2, -0.15) is 0 Å². The second kappa shape index (κ2) is 8.34. The van der Waals surface area contributed by atoms with Crippen LogP contribution in [-0.2, 0) is 11.2 Å². The SMILES string of the molecule is NC(=O)[C@H](CSc1ccc[nH]1)NC(=O)c1n[nH]c(Cc2ccccc2)n1. The van der Waals surface area contributed by atoms with Crippen molar-refractivity contribution in [1.82, 2.24) is 25.5 Å². The maximum Gasteiger partial charge on any atom is 0.291 e. The van der Waals surface area contributed by atoms with Gasteiger partial charge in [-0.15, -0.1) is 16.9 Å². The van der Waals surface area contributed by atoms with E-state index in [1.807, 2.05) is 42.5 Å². The van der Waals surface area contributed by atoms with E-state index in [9.17, 15) is 9.59 Å². The molecule has 0 unspecified atom stereocenters. The summed E-state index contributed by atoms with van der Waals surface area (Å²) >= 11 is 1.39. The molecule has 0 spiro atoms. The number of hydrogen-bond acceptors (Lipinski definition) is 5. The third-order valence-electron chi connectivity index (χ3n) is 3.57. The van der Waals surface area contributed by atoms with Crippen molar-refractivity contribution in [3.8, 4) is 0 Å². The molecule has 0 fully saturated rings. The average molecular weight is 370 g/mol. The van der Waals surface area contributed by atoms with E-state index in [2.05, 4.69) is 25.5 Å². The molecule has 134 valence electrons. The summed E-state index contributed by atoms with van der Waals surface area (Å²) in [6.07, 6.45) is 2.31. The van der Waals surface area contributed by atoms with Gasteiger partial charge in [0.2, 0.25) is 11.7 Å². The Labute approximate surface area is 154 Å². The van der Waals surface area contributed by atoms with Gasteiger partial charge in [-0.25, -0.2) is 4.98 Å². The lowest BCUT2D eigenvalue weighted by Crippen LogP contribution is -2.46. The molecule has 1 atom stereocenters. The predicted molar refractivity (Wildman–Crippen MR) is 97.6 cm³/mol. The maximum absolute atomic E-state index is 12.3. The molecule has 0 radical (unpaired) electrons. The van der Waals surface area contributed by atoms with Gasteiger partial charge in [0.15, 0.2) is 0 Å². The van der Waals surface area contributed by atoms with E-state index < -0.39 is 17.9 Å². The van der Waals surface area contributed by atoms with Gasteiger partial charge in [0.25, 0.3) is 5.91 Å². The lowest BCUT2D eigenvalue weighted by Gasteiger charge is -2.13. The van der Waals surface area contributed by atoms with Crippen LogP contribution in [0.15, 0.2) is 53.7 Å². The number of benzene rings is 1. The fraction of sp³-hybridized carbons (Fsp3) is 0.176. The van der Waals surface area contributed by atoms with Crippen molar-refractivity contribution in [3.05, 3.63) is 65.9 Å². The highest BCUT2D eigenvalue weighted by molar-refractivity contribution is 7.99. The van der Waals surface area contributed by atoms with Gasteiger partial charge in [0, 0.05) is 18.4 Å². The summed E-state index contributed by atoms with van der Waals surface area (Å²) in [7, 11) is 0. The molecule has 0 bridgehead atoms. The van der Waals surface area contributed by atoms with Gasteiger partial charge in [0.05, 0.1) is 5.03 Å². The zero-order chi connectivity index (χ0) is 18.4. The van der Waals surface area contributed by atoms with Crippen molar-refractivity contribution in [3.63, 3.8) is 0 Å². The second-order valence-electron chi connectivity index (χ2n) is 5.54. The van der Waals surface area contributed by atoms with Crippen molar-refractivity contribution in [2.45, 2.75) is 17.5 Å². The monoisotopic (exact) mass is 370 g/mol. The number of aromatic amines is 2. The number of hydrogen-bond donors (Lipinski definition) is 4. The second-order valence-corrected chi connectivity index (χ2v) is 6.60. The molecule has 0 aliphatic carbocycles. The van der Waals surface area contributed by atoms with E-state index in [4.69, 9.17) is 5.73 Å². The zero-order valence-corrected chi connectivity index (χ0v) is 14.6. The number of rotatable bonds is 8. The first kappa shape index (κ1) is 17.7. The Morgan fingerprint density at radius 1 is 1.19 bits per heavy atom. The Morgan fingerprint density at radius 2 is 2.00 bits per heavy atom. The van der Waals surface area contributed by atoms with Crippen LogP contribution >= 0.6 is 11.8 Å². The summed E-state index contributed by atoms with van der Waals surface area (Å²) in [5, 5.41) is 10.1. The molecule has 5 N–H and O–H groups in total. The molecule has 2 amide bonds. The Balaban J connectivity index is 1.59. The fourth-order valence-corrected chi connectivity index (χ4v) is 3.18. The van der Waals surface area contributed by atoms with Crippen LogP contribution in [0.2, 0.25) is 0 Å². The van der Waals surface area contributed by atoms with Crippen LogP contribution < -0.4 is 11.1 Å². The van der Waals surface area contributed by atoms with Crippen LogP contribution in [0.5, 0.6) is 0 Å². The van der Waals surface area contributed by atoms with E-state index in [0.29, 0.717) is 18.0 Å². The lowest BCUT2D eigenvalue weighted by molar-refractivity contribution is -0.119. The van der Waals surface area contributed by atoms with Gasteiger partial charge in [-0.1, -0.05) is 30.3 Å². The third kappa shape index (κ3) is 4.73. The zero-order valence-electron chi connectivity index (χ0n) is 13.8. The quantitative estimate of drug-likeness (QED) is 0.441. The summed E-state index contributed by atoms with van der Waals surface area (Å²) in [4.78, 5) is 31.1. The standard InChI is InChI=1S/C17H18N6O2S/c18-15(24)12(10-26-14-7-4-8-19-14)20-17(25)16-21-13(22-23-16)9-11-5-2-1-3-6-11/h1-8,12,19H,9-10H2,(H2,18,24)(H,20,25)(H,21,22,23)/t12-/m0/s1. The van der Waals surface area contributed by atoms with Crippen LogP contribution in [0, 0.1) is 0 Å². The minimum absolute atomic E-state index is 0.0212. The van der Waals surface area contributed by atoms with Gasteiger partial charge >= 0.3 is 0 Å². The molecular formula is C17H18N6O2S.